The molecule has 1 aromatic carbocycles. The highest BCUT2D eigenvalue weighted by atomic mass is 127. The van der Waals surface area contributed by atoms with Crippen LogP contribution in [0.1, 0.15) is 24.4 Å². The van der Waals surface area contributed by atoms with E-state index in [2.05, 4.69) is 62.8 Å². The molecule has 2 atom stereocenters. The highest BCUT2D eigenvalue weighted by Gasteiger charge is 2.34. The number of hydrogen-bond acceptors (Lipinski definition) is 4. The fraction of sp³-hybridized carbons (Fsp3) is 0.682. The Labute approximate surface area is 206 Å². The van der Waals surface area contributed by atoms with Crippen LogP contribution in [0.5, 0.6) is 0 Å². The molecule has 0 bridgehead atoms. The van der Waals surface area contributed by atoms with Crippen LogP contribution in [0.4, 0.5) is 13.2 Å². The molecule has 182 valence electrons. The van der Waals surface area contributed by atoms with Crippen molar-refractivity contribution in [1.29, 1.82) is 0 Å². The van der Waals surface area contributed by atoms with Gasteiger partial charge in [-0.25, -0.2) is 0 Å². The number of likely N-dealkylation sites (N-methyl/N-ethyl adjacent to an activating group) is 1. The fourth-order valence-corrected chi connectivity index (χ4v) is 4.44. The quantitative estimate of drug-likeness (QED) is 0.230. The third-order valence-electron chi connectivity index (χ3n) is 6.03. The number of halogens is 4. The lowest BCUT2D eigenvalue weighted by atomic mass is 10.0. The third-order valence-corrected chi connectivity index (χ3v) is 6.03. The van der Waals surface area contributed by atoms with Gasteiger partial charge in [-0.1, -0.05) is 30.3 Å². The maximum atomic E-state index is 12.6. The van der Waals surface area contributed by atoms with E-state index in [0.29, 0.717) is 31.5 Å². The molecule has 0 spiro atoms. The van der Waals surface area contributed by atoms with Crippen LogP contribution in [0.3, 0.4) is 0 Å². The molecule has 10 heteroatoms. The summed E-state index contributed by atoms with van der Waals surface area (Å²) in [7, 11) is 3.87. The maximum absolute atomic E-state index is 12.6. The number of guanidine groups is 1. The van der Waals surface area contributed by atoms with Crippen molar-refractivity contribution < 1.29 is 13.2 Å². The maximum Gasteiger partial charge on any atom is 0.401 e. The molecule has 2 fully saturated rings. The first-order chi connectivity index (χ1) is 14.8. The number of rotatable bonds is 7. The Balaban J connectivity index is 0.00000363. The van der Waals surface area contributed by atoms with Gasteiger partial charge in [-0.15, -0.1) is 24.0 Å². The number of nitrogens with zero attached hydrogens (tertiary/aromatic N) is 4. The van der Waals surface area contributed by atoms with Crippen molar-refractivity contribution >= 4 is 29.9 Å². The molecule has 0 aliphatic carbocycles. The van der Waals surface area contributed by atoms with E-state index in [0.717, 1.165) is 39.1 Å². The molecule has 0 aromatic heterocycles. The number of hydrogen-bond donors (Lipinski definition) is 2. The Morgan fingerprint density at radius 2 is 1.88 bits per heavy atom. The molecule has 0 radical (unpaired) electrons. The van der Waals surface area contributed by atoms with Crippen LogP contribution in [0, 0.1) is 0 Å². The third kappa shape index (κ3) is 8.68. The van der Waals surface area contributed by atoms with E-state index in [-0.39, 0.29) is 30.0 Å². The van der Waals surface area contributed by atoms with Crippen LogP contribution in [-0.2, 0) is 0 Å². The molecule has 3 rings (SSSR count). The van der Waals surface area contributed by atoms with Gasteiger partial charge in [0.2, 0.25) is 0 Å². The van der Waals surface area contributed by atoms with Gasteiger partial charge in [0, 0.05) is 64.9 Å². The van der Waals surface area contributed by atoms with Crippen molar-refractivity contribution in [2.24, 2.45) is 4.99 Å². The molecule has 2 N–H and O–H groups in total. The summed E-state index contributed by atoms with van der Waals surface area (Å²) in [5.41, 5.74) is 1.35. The van der Waals surface area contributed by atoms with Gasteiger partial charge in [0.1, 0.15) is 0 Å². The number of nitrogens with one attached hydrogen (secondary N) is 2. The lowest BCUT2D eigenvalue weighted by molar-refractivity contribution is -0.143. The Kier molecular flexibility index (Phi) is 11.0. The summed E-state index contributed by atoms with van der Waals surface area (Å²) in [6.45, 7) is 4.89. The first kappa shape index (κ1) is 27.1. The second kappa shape index (κ2) is 13.0. The predicted molar refractivity (Wildman–Crippen MR) is 134 cm³/mol. The highest BCUT2D eigenvalue weighted by molar-refractivity contribution is 14.0. The van der Waals surface area contributed by atoms with E-state index in [1.165, 1.54) is 10.5 Å². The minimum Gasteiger partial charge on any atom is -0.356 e. The molecule has 32 heavy (non-hydrogen) atoms. The zero-order valence-electron chi connectivity index (χ0n) is 18.9. The smallest absolute Gasteiger partial charge is 0.356 e. The van der Waals surface area contributed by atoms with Gasteiger partial charge in [0.25, 0.3) is 0 Å². The van der Waals surface area contributed by atoms with Gasteiger partial charge >= 0.3 is 6.18 Å². The monoisotopic (exact) mass is 568 g/mol. The Hall–Kier alpha value is -1.11. The van der Waals surface area contributed by atoms with Crippen LogP contribution >= 0.6 is 24.0 Å². The number of likely N-dealkylation sites (tertiary alicyclic amines) is 1. The van der Waals surface area contributed by atoms with Crippen LogP contribution in [0.25, 0.3) is 0 Å². The number of aliphatic imine (C=N–C) groups is 1. The van der Waals surface area contributed by atoms with E-state index in [1.807, 2.05) is 0 Å². The second-order valence-electron chi connectivity index (χ2n) is 8.56. The fourth-order valence-electron chi connectivity index (χ4n) is 4.44. The highest BCUT2D eigenvalue weighted by Crippen LogP contribution is 2.24. The summed E-state index contributed by atoms with van der Waals surface area (Å²) < 4.78 is 37.7. The largest absolute Gasteiger partial charge is 0.401 e. The summed E-state index contributed by atoms with van der Waals surface area (Å²) in [5, 5.41) is 6.59. The van der Waals surface area contributed by atoms with Crippen molar-refractivity contribution in [3.63, 3.8) is 0 Å². The average molecular weight is 568 g/mol. The van der Waals surface area contributed by atoms with Gasteiger partial charge in [0.05, 0.1) is 6.54 Å². The number of benzene rings is 1. The zero-order chi connectivity index (χ0) is 22.3. The molecule has 1 aromatic rings. The summed E-state index contributed by atoms with van der Waals surface area (Å²) in [4.78, 5) is 10.6. The van der Waals surface area contributed by atoms with Crippen LogP contribution in [0.2, 0.25) is 0 Å². The minimum absolute atomic E-state index is 0. The van der Waals surface area contributed by atoms with Crippen LogP contribution in [-0.4, -0.2) is 99.3 Å². The molecular formula is C22H36F3IN6. The van der Waals surface area contributed by atoms with E-state index in [4.69, 9.17) is 0 Å². The SMILES string of the molecule is CN=C(NCCCN1CCN(C)CC1c1ccccc1)NC1CCN(CC(F)(F)F)C1.I. The Bertz CT molecular complexity index is 703. The zero-order valence-corrected chi connectivity index (χ0v) is 21.3. The first-order valence-electron chi connectivity index (χ1n) is 11.1. The molecule has 2 aliphatic rings. The van der Waals surface area contributed by atoms with E-state index in [9.17, 15) is 13.2 Å². The molecule has 2 unspecified atom stereocenters. The van der Waals surface area contributed by atoms with E-state index < -0.39 is 12.7 Å². The topological polar surface area (TPSA) is 46.1 Å². The lowest BCUT2D eigenvalue weighted by Crippen LogP contribution is -2.48. The van der Waals surface area contributed by atoms with Gasteiger partial charge < -0.3 is 15.5 Å². The van der Waals surface area contributed by atoms with Gasteiger partial charge in [-0.2, -0.15) is 13.2 Å². The predicted octanol–water partition coefficient (Wildman–Crippen LogP) is 2.78. The standard InChI is InChI=1S/C22H35F3N6.HI/c1-26-21(28-19-9-12-30(15-19)17-22(23,24)25)27-10-6-11-31-14-13-29(2)16-20(31)18-7-4-3-5-8-18;/h3-5,7-8,19-20H,6,9-17H2,1-2H3,(H2,26,27,28);1H. The van der Waals surface area contributed by atoms with Crippen LogP contribution < -0.4 is 10.6 Å². The van der Waals surface area contributed by atoms with Gasteiger partial charge in [0.15, 0.2) is 5.96 Å². The molecule has 2 heterocycles. The number of alkyl halides is 3. The van der Waals surface area contributed by atoms with Crippen LogP contribution in [0.15, 0.2) is 35.3 Å². The molecule has 2 saturated heterocycles. The molecule has 2 aliphatic heterocycles. The van der Waals surface area contributed by atoms with Crippen molar-refractivity contribution in [1.82, 2.24) is 25.3 Å². The van der Waals surface area contributed by atoms with E-state index in [1.54, 1.807) is 7.05 Å². The summed E-state index contributed by atoms with van der Waals surface area (Å²) in [6, 6.07) is 11.0. The van der Waals surface area contributed by atoms with Crippen molar-refractivity contribution in [2.45, 2.75) is 31.1 Å². The normalized spacial score (nSPS) is 23.7. The summed E-state index contributed by atoms with van der Waals surface area (Å²) >= 11 is 0. The molecular weight excluding hydrogens is 532 g/mol. The number of piperazine rings is 1. The molecule has 0 amide bonds. The Morgan fingerprint density at radius 1 is 1.12 bits per heavy atom. The van der Waals surface area contributed by atoms with Gasteiger partial charge in [-0.05, 0) is 25.5 Å². The average Bonchev–Trinajstić information content (AvgIpc) is 3.16. The van der Waals surface area contributed by atoms with E-state index >= 15 is 0 Å². The second-order valence-corrected chi connectivity index (χ2v) is 8.56. The van der Waals surface area contributed by atoms with Crippen molar-refractivity contribution in [3.8, 4) is 0 Å². The first-order valence-corrected chi connectivity index (χ1v) is 11.1. The summed E-state index contributed by atoms with van der Waals surface area (Å²) in [6.07, 6.45) is -2.48. The molecule has 6 nitrogen and oxygen atoms in total. The van der Waals surface area contributed by atoms with Crippen molar-refractivity contribution in [2.75, 3.05) is 66.5 Å². The minimum atomic E-state index is -4.14. The lowest BCUT2D eigenvalue weighted by Gasteiger charge is -2.40. The van der Waals surface area contributed by atoms with Gasteiger partial charge in [-0.3, -0.25) is 14.8 Å². The molecule has 0 saturated carbocycles. The summed E-state index contributed by atoms with van der Waals surface area (Å²) in [5.74, 6) is 0.664. The Morgan fingerprint density at radius 3 is 2.56 bits per heavy atom. The van der Waals surface area contributed by atoms with Crippen molar-refractivity contribution in [3.05, 3.63) is 35.9 Å².